The Kier molecular flexibility index (Phi) is 4.64. The standard InChI is InChI=1S/C25H32N2O2/c1-24(2,3)19-9-17-12-25(4,5)15-26-22(17)21(11-19)16-7-6-8-20(10-16)27-13-18(14-27)23(28)29/h6-11,18,26H,12-15H2,1-5H3,(H,28,29). The first kappa shape index (κ1) is 19.8. The second-order valence-corrected chi connectivity index (χ2v) is 10.5. The zero-order chi connectivity index (χ0) is 21.0. The number of aliphatic carboxylic acids is 1. The number of anilines is 2. The first-order valence-electron chi connectivity index (χ1n) is 10.5. The molecule has 0 radical (unpaired) electrons. The monoisotopic (exact) mass is 392 g/mol. The highest BCUT2D eigenvalue weighted by Gasteiger charge is 2.33. The molecule has 1 saturated heterocycles. The van der Waals surface area contributed by atoms with Crippen LogP contribution in [0.4, 0.5) is 11.4 Å². The number of hydrogen-bond donors (Lipinski definition) is 2. The van der Waals surface area contributed by atoms with E-state index in [1.165, 1.54) is 27.9 Å². The molecule has 0 amide bonds. The third-order valence-corrected chi connectivity index (χ3v) is 6.25. The Labute approximate surface area is 173 Å². The first-order valence-corrected chi connectivity index (χ1v) is 10.5. The van der Waals surface area contributed by atoms with Gasteiger partial charge in [0.05, 0.1) is 5.92 Å². The molecule has 4 heteroatoms. The average Bonchev–Trinajstić information content (AvgIpc) is 2.57. The van der Waals surface area contributed by atoms with Gasteiger partial charge >= 0.3 is 5.97 Å². The lowest BCUT2D eigenvalue weighted by molar-refractivity contribution is -0.142. The van der Waals surface area contributed by atoms with Gasteiger partial charge in [-0.2, -0.15) is 0 Å². The average molecular weight is 393 g/mol. The van der Waals surface area contributed by atoms with Gasteiger partial charge in [-0.05, 0) is 52.1 Å². The number of nitrogens with one attached hydrogen (secondary N) is 1. The number of hydrogen-bond acceptors (Lipinski definition) is 3. The lowest BCUT2D eigenvalue weighted by Crippen LogP contribution is -2.50. The SMILES string of the molecule is CC1(C)CNc2c(cc(C(C)(C)C)cc2-c2cccc(N3CC(C(=O)O)C3)c2)C1. The van der Waals surface area contributed by atoms with Crippen LogP contribution in [0.15, 0.2) is 36.4 Å². The molecular formula is C25H32N2O2. The van der Waals surface area contributed by atoms with E-state index in [0.717, 1.165) is 18.7 Å². The van der Waals surface area contributed by atoms with E-state index in [0.29, 0.717) is 13.1 Å². The smallest absolute Gasteiger partial charge is 0.310 e. The van der Waals surface area contributed by atoms with Crippen LogP contribution >= 0.6 is 0 Å². The van der Waals surface area contributed by atoms with Crippen LogP contribution in [0.25, 0.3) is 11.1 Å². The summed E-state index contributed by atoms with van der Waals surface area (Å²) in [5.41, 5.74) is 7.86. The van der Waals surface area contributed by atoms with Crippen molar-refractivity contribution in [2.45, 2.75) is 46.5 Å². The largest absolute Gasteiger partial charge is 0.481 e. The van der Waals surface area contributed by atoms with Gasteiger partial charge in [0.15, 0.2) is 0 Å². The molecule has 2 heterocycles. The Morgan fingerprint density at radius 3 is 2.55 bits per heavy atom. The molecule has 4 nitrogen and oxygen atoms in total. The first-order chi connectivity index (χ1) is 13.5. The summed E-state index contributed by atoms with van der Waals surface area (Å²) in [5, 5.41) is 12.9. The molecule has 0 spiro atoms. The zero-order valence-electron chi connectivity index (χ0n) is 18.2. The van der Waals surface area contributed by atoms with Crippen LogP contribution in [-0.4, -0.2) is 30.7 Å². The highest BCUT2D eigenvalue weighted by atomic mass is 16.4. The Morgan fingerprint density at radius 1 is 1.17 bits per heavy atom. The van der Waals surface area contributed by atoms with Crippen molar-refractivity contribution in [1.29, 1.82) is 0 Å². The molecule has 0 aliphatic carbocycles. The molecule has 0 aromatic heterocycles. The summed E-state index contributed by atoms with van der Waals surface area (Å²) in [7, 11) is 0. The highest BCUT2D eigenvalue weighted by molar-refractivity contribution is 5.84. The summed E-state index contributed by atoms with van der Waals surface area (Å²) in [6.07, 6.45) is 1.07. The molecule has 2 aromatic rings. The highest BCUT2D eigenvalue weighted by Crippen LogP contribution is 2.42. The summed E-state index contributed by atoms with van der Waals surface area (Å²) >= 11 is 0. The van der Waals surface area contributed by atoms with E-state index in [9.17, 15) is 9.90 Å². The molecule has 4 rings (SSSR count). The fourth-order valence-corrected chi connectivity index (χ4v) is 4.33. The molecule has 154 valence electrons. The summed E-state index contributed by atoms with van der Waals surface area (Å²) in [5.74, 6) is -0.948. The number of carbonyl (C=O) groups is 1. The van der Waals surface area contributed by atoms with Crippen LogP contribution in [-0.2, 0) is 16.6 Å². The lowest BCUT2D eigenvalue weighted by atomic mass is 9.77. The van der Waals surface area contributed by atoms with Crippen molar-refractivity contribution in [3.05, 3.63) is 47.5 Å². The predicted octanol–water partition coefficient (Wildman–Crippen LogP) is 5.17. The number of nitrogens with zero attached hydrogens (tertiary/aromatic N) is 1. The molecule has 0 saturated carbocycles. The lowest BCUT2D eigenvalue weighted by Gasteiger charge is -2.39. The van der Waals surface area contributed by atoms with Gasteiger partial charge < -0.3 is 15.3 Å². The van der Waals surface area contributed by atoms with Gasteiger partial charge in [0.2, 0.25) is 0 Å². The molecule has 1 fully saturated rings. The third kappa shape index (κ3) is 3.85. The van der Waals surface area contributed by atoms with Crippen LogP contribution in [0, 0.1) is 11.3 Å². The fourth-order valence-electron chi connectivity index (χ4n) is 4.33. The second-order valence-electron chi connectivity index (χ2n) is 10.5. The summed E-state index contributed by atoms with van der Waals surface area (Å²) < 4.78 is 0. The van der Waals surface area contributed by atoms with Crippen LogP contribution in [0.3, 0.4) is 0 Å². The maximum absolute atomic E-state index is 11.2. The minimum Gasteiger partial charge on any atom is -0.481 e. The van der Waals surface area contributed by atoms with Crippen molar-refractivity contribution in [2.24, 2.45) is 11.3 Å². The van der Waals surface area contributed by atoms with Gasteiger partial charge in [-0.15, -0.1) is 0 Å². The number of fused-ring (bicyclic) bond motifs is 1. The van der Waals surface area contributed by atoms with E-state index in [2.05, 4.69) is 81.2 Å². The molecule has 0 atom stereocenters. The van der Waals surface area contributed by atoms with E-state index in [1.807, 2.05) is 0 Å². The van der Waals surface area contributed by atoms with Crippen molar-refractivity contribution in [1.82, 2.24) is 0 Å². The van der Waals surface area contributed by atoms with Crippen LogP contribution in [0.5, 0.6) is 0 Å². The minimum absolute atomic E-state index is 0.0785. The van der Waals surface area contributed by atoms with E-state index in [1.54, 1.807) is 0 Å². The molecule has 2 aliphatic heterocycles. The van der Waals surface area contributed by atoms with Crippen LogP contribution in [0.1, 0.15) is 45.7 Å². The van der Waals surface area contributed by atoms with Crippen LogP contribution in [0.2, 0.25) is 0 Å². The third-order valence-electron chi connectivity index (χ3n) is 6.25. The van der Waals surface area contributed by atoms with Crippen molar-refractivity contribution < 1.29 is 9.90 Å². The Bertz CT molecular complexity index is 950. The number of carboxylic acid groups (broad SMARTS) is 1. The van der Waals surface area contributed by atoms with E-state index in [4.69, 9.17) is 0 Å². The summed E-state index contributed by atoms with van der Waals surface area (Å²) in [4.78, 5) is 13.3. The molecule has 2 aliphatic rings. The summed E-state index contributed by atoms with van der Waals surface area (Å²) in [6, 6.07) is 13.3. The Hall–Kier alpha value is -2.49. The quantitative estimate of drug-likeness (QED) is 0.757. The number of benzene rings is 2. The zero-order valence-corrected chi connectivity index (χ0v) is 18.2. The van der Waals surface area contributed by atoms with Crippen molar-refractivity contribution in [2.75, 3.05) is 29.9 Å². The van der Waals surface area contributed by atoms with E-state index >= 15 is 0 Å². The molecular weight excluding hydrogens is 360 g/mol. The van der Waals surface area contributed by atoms with Crippen molar-refractivity contribution >= 4 is 17.3 Å². The van der Waals surface area contributed by atoms with Crippen LogP contribution < -0.4 is 10.2 Å². The summed E-state index contributed by atoms with van der Waals surface area (Å²) in [6.45, 7) is 13.6. The molecule has 0 unspecified atom stereocenters. The van der Waals surface area contributed by atoms with E-state index in [-0.39, 0.29) is 16.7 Å². The van der Waals surface area contributed by atoms with Crippen molar-refractivity contribution in [3.63, 3.8) is 0 Å². The van der Waals surface area contributed by atoms with Gasteiger partial charge in [-0.3, -0.25) is 4.79 Å². The molecule has 2 N–H and O–H groups in total. The predicted molar refractivity (Wildman–Crippen MR) is 120 cm³/mol. The second kappa shape index (κ2) is 6.79. The van der Waals surface area contributed by atoms with Crippen molar-refractivity contribution in [3.8, 4) is 11.1 Å². The Morgan fingerprint density at radius 2 is 1.90 bits per heavy atom. The molecule has 2 aromatic carbocycles. The molecule has 0 bridgehead atoms. The maximum Gasteiger partial charge on any atom is 0.310 e. The van der Waals surface area contributed by atoms with Gasteiger partial charge in [-0.25, -0.2) is 0 Å². The number of carboxylic acids is 1. The minimum atomic E-state index is -0.698. The normalized spacial score (nSPS) is 18.6. The Balaban J connectivity index is 1.75. The van der Waals surface area contributed by atoms with Gasteiger partial charge in [-0.1, -0.05) is 52.8 Å². The fraction of sp³-hybridized carbons (Fsp3) is 0.480. The topological polar surface area (TPSA) is 52.6 Å². The van der Waals surface area contributed by atoms with Gasteiger partial charge in [0.25, 0.3) is 0 Å². The van der Waals surface area contributed by atoms with E-state index < -0.39 is 5.97 Å². The maximum atomic E-state index is 11.2. The molecule has 29 heavy (non-hydrogen) atoms. The van der Waals surface area contributed by atoms with Gasteiger partial charge in [0.1, 0.15) is 0 Å². The number of rotatable bonds is 3. The van der Waals surface area contributed by atoms with Gasteiger partial charge in [0, 0.05) is 36.6 Å².